The van der Waals surface area contributed by atoms with Gasteiger partial charge in [0, 0.05) is 60.8 Å². The van der Waals surface area contributed by atoms with Crippen molar-refractivity contribution in [2.24, 2.45) is 0 Å². The van der Waals surface area contributed by atoms with Crippen LogP contribution < -0.4 is 0 Å². The Bertz CT molecular complexity index is 913. The van der Waals surface area contributed by atoms with E-state index >= 15 is 0 Å². The number of rotatable bonds is 2. The lowest BCUT2D eigenvalue weighted by molar-refractivity contribution is 0.164. The Labute approximate surface area is 140 Å². The highest BCUT2D eigenvalue weighted by molar-refractivity contribution is 5.44. The van der Waals surface area contributed by atoms with Gasteiger partial charge in [-0.25, -0.2) is 19.5 Å². The predicted octanol–water partition coefficient (Wildman–Crippen LogP) is 2.40. The second-order valence-corrected chi connectivity index (χ2v) is 6.98. The molecule has 24 heavy (non-hydrogen) atoms. The van der Waals surface area contributed by atoms with Gasteiger partial charge in [0.25, 0.3) is 0 Å². The topological polar surface area (TPSA) is 59.2 Å². The molecule has 0 N–H and O–H groups in total. The normalized spacial score (nSPS) is 22.9. The molecule has 2 bridgehead atoms. The Hall–Kier alpha value is -2.34. The van der Waals surface area contributed by atoms with Crippen LogP contribution in [0.25, 0.3) is 5.65 Å². The summed E-state index contributed by atoms with van der Waals surface area (Å²) >= 11 is 0. The van der Waals surface area contributed by atoms with E-state index in [1.54, 1.807) is 0 Å². The van der Waals surface area contributed by atoms with Crippen molar-refractivity contribution in [2.45, 2.75) is 51.7 Å². The molecule has 1 saturated heterocycles. The van der Waals surface area contributed by atoms with Crippen LogP contribution >= 0.6 is 0 Å². The molecule has 0 saturated carbocycles. The summed E-state index contributed by atoms with van der Waals surface area (Å²) in [5.74, 6) is 0.825. The summed E-state index contributed by atoms with van der Waals surface area (Å²) in [5.41, 5.74) is 5.86. The molecule has 2 aliphatic rings. The van der Waals surface area contributed by atoms with E-state index in [4.69, 9.17) is 0 Å². The van der Waals surface area contributed by atoms with Crippen molar-refractivity contribution in [3.05, 3.63) is 53.0 Å². The maximum Gasteiger partial charge on any atom is 0.155 e. The van der Waals surface area contributed by atoms with Gasteiger partial charge in [0.2, 0.25) is 0 Å². The summed E-state index contributed by atoms with van der Waals surface area (Å²) in [4.78, 5) is 15.9. The quantitative estimate of drug-likeness (QED) is 0.725. The van der Waals surface area contributed by atoms with E-state index in [1.807, 2.05) is 26.2 Å². The van der Waals surface area contributed by atoms with Gasteiger partial charge in [0.05, 0.1) is 11.4 Å². The fourth-order valence-electron chi connectivity index (χ4n) is 4.26. The van der Waals surface area contributed by atoms with E-state index in [1.165, 1.54) is 29.7 Å². The third-order valence-electron chi connectivity index (χ3n) is 5.37. The van der Waals surface area contributed by atoms with E-state index in [-0.39, 0.29) is 0 Å². The Morgan fingerprint density at radius 1 is 1.08 bits per heavy atom. The molecule has 2 aliphatic heterocycles. The van der Waals surface area contributed by atoms with Crippen molar-refractivity contribution in [1.29, 1.82) is 0 Å². The molecule has 0 radical (unpaired) electrons. The maximum absolute atomic E-state index is 4.66. The number of hydrogen-bond acceptors (Lipinski definition) is 5. The molecule has 0 aliphatic carbocycles. The molecule has 5 rings (SSSR count). The van der Waals surface area contributed by atoms with E-state index < -0.39 is 0 Å². The second kappa shape index (κ2) is 5.08. The average molecular weight is 320 g/mol. The zero-order chi connectivity index (χ0) is 16.3. The first-order valence-electron chi connectivity index (χ1n) is 8.56. The monoisotopic (exact) mass is 320 g/mol. The van der Waals surface area contributed by atoms with Crippen LogP contribution in [0.1, 0.15) is 47.2 Å². The minimum Gasteiger partial charge on any atom is -0.289 e. The summed E-state index contributed by atoms with van der Waals surface area (Å²) in [7, 11) is 0. The van der Waals surface area contributed by atoms with E-state index in [9.17, 15) is 0 Å². The SMILES string of the molecule is Cc1cc2ncc3c(n2n1)CC1CCC3N1Cc1cnc(C)nc1. The van der Waals surface area contributed by atoms with Crippen LogP contribution in [0.4, 0.5) is 0 Å². The Morgan fingerprint density at radius 3 is 2.75 bits per heavy atom. The lowest BCUT2D eigenvalue weighted by Crippen LogP contribution is -2.38. The van der Waals surface area contributed by atoms with Gasteiger partial charge < -0.3 is 0 Å². The highest BCUT2D eigenvalue weighted by Crippen LogP contribution is 2.44. The largest absolute Gasteiger partial charge is 0.289 e. The van der Waals surface area contributed by atoms with Crippen molar-refractivity contribution in [1.82, 2.24) is 29.5 Å². The third-order valence-corrected chi connectivity index (χ3v) is 5.37. The van der Waals surface area contributed by atoms with Crippen molar-refractivity contribution >= 4 is 5.65 Å². The summed E-state index contributed by atoms with van der Waals surface area (Å²) in [6, 6.07) is 3.05. The fraction of sp³-hybridized carbons (Fsp3) is 0.444. The Balaban J connectivity index is 1.53. The molecule has 6 nitrogen and oxygen atoms in total. The minimum atomic E-state index is 0.432. The molecule has 1 fully saturated rings. The molecule has 3 aromatic heterocycles. The van der Waals surface area contributed by atoms with Gasteiger partial charge in [-0.05, 0) is 26.7 Å². The van der Waals surface area contributed by atoms with Gasteiger partial charge in [0.1, 0.15) is 5.82 Å². The molecule has 122 valence electrons. The fourth-order valence-corrected chi connectivity index (χ4v) is 4.26. The van der Waals surface area contributed by atoms with E-state index in [0.717, 1.165) is 30.1 Å². The van der Waals surface area contributed by atoms with Crippen LogP contribution in [-0.4, -0.2) is 35.5 Å². The Kier molecular flexibility index (Phi) is 2.97. The highest BCUT2D eigenvalue weighted by Gasteiger charge is 2.41. The predicted molar refractivity (Wildman–Crippen MR) is 89.5 cm³/mol. The van der Waals surface area contributed by atoms with Crippen molar-refractivity contribution in [3.63, 3.8) is 0 Å². The van der Waals surface area contributed by atoms with Gasteiger partial charge in [-0.1, -0.05) is 0 Å². The van der Waals surface area contributed by atoms with Gasteiger partial charge in [-0.3, -0.25) is 4.90 Å². The third kappa shape index (κ3) is 2.06. The summed E-state index contributed by atoms with van der Waals surface area (Å²) < 4.78 is 2.06. The molecular formula is C18H20N6. The smallest absolute Gasteiger partial charge is 0.155 e. The number of hydrogen-bond donors (Lipinski definition) is 0. The zero-order valence-electron chi connectivity index (χ0n) is 14.0. The van der Waals surface area contributed by atoms with E-state index in [0.29, 0.717) is 12.1 Å². The molecule has 0 aromatic carbocycles. The van der Waals surface area contributed by atoms with Crippen LogP contribution in [0.5, 0.6) is 0 Å². The lowest BCUT2D eigenvalue weighted by atomic mass is 9.98. The number of nitrogens with zero attached hydrogens (tertiary/aromatic N) is 6. The molecule has 2 atom stereocenters. The van der Waals surface area contributed by atoms with E-state index in [2.05, 4.69) is 41.7 Å². The van der Waals surface area contributed by atoms with Crippen LogP contribution in [0, 0.1) is 13.8 Å². The standard InChI is InChI=1S/C18H20N6/c1-11-5-18-21-9-15-16-4-3-14(6-17(15)24(18)22-11)23(16)10-13-7-19-12(2)20-8-13/h5,7-9,14,16H,3-4,6,10H2,1-2H3. The second-order valence-electron chi connectivity index (χ2n) is 6.98. The summed E-state index contributed by atoms with van der Waals surface area (Å²) in [5, 5.41) is 4.66. The molecule has 2 unspecified atom stereocenters. The highest BCUT2D eigenvalue weighted by atomic mass is 15.3. The maximum atomic E-state index is 4.66. The lowest BCUT2D eigenvalue weighted by Gasteiger charge is -2.36. The molecule has 5 heterocycles. The average Bonchev–Trinajstić information content (AvgIpc) is 3.08. The van der Waals surface area contributed by atoms with Crippen LogP contribution in [0.2, 0.25) is 0 Å². The Morgan fingerprint density at radius 2 is 1.92 bits per heavy atom. The molecule has 0 amide bonds. The van der Waals surface area contributed by atoms with Gasteiger partial charge in [-0.2, -0.15) is 5.10 Å². The number of fused-ring (bicyclic) bond motifs is 6. The molecule has 0 spiro atoms. The minimum absolute atomic E-state index is 0.432. The van der Waals surface area contributed by atoms with Crippen LogP contribution in [-0.2, 0) is 13.0 Å². The zero-order valence-corrected chi connectivity index (χ0v) is 14.0. The van der Waals surface area contributed by atoms with Gasteiger partial charge >= 0.3 is 0 Å². The first kappa shape index (κ1) is 14.0. The van der Waals surface area contributed by atoms with Crippen molar-refractivity contribution in [2.75, 3.05) is 0 Å². The molecular weight excluding hydrogens is 300 g/mol. The van der Waals surface area contributed by atoms with Crippen LogP contribution in [0.3, 0.4) is 0 Å². The number of aromatic nitrogens is 5. The van der Waals surface area contributed by atoms with Crippen LogP contribution in [0.15, 0.2) is 24.7 Å². The first-order valence-corrected chi connectivity index (χ1v) is 8.56. The summed E-state index contributed by atoms with van der Waals surface area (Å²) in [6.07, 6.45) is 9.44. The molecule has 3 aromatic rings. The first-order chi connectivity index (χ1) is 11.7. The summed E-state index contributed by atoms with van der Waals surface area (Å²) in [6.45, 7) is 4.86. The van der Waals surface area contributed by atoms with Gasteiger partial charge in [0.15, 0.2) is 5.65 Å². The van der Waals surface area contributed by atoms with Crippen molar-refractivity contribution < 1.29 is 0 Å². The number of aryl methyl sites for hydroxylation is 2. The van der Waals surface area contributed by atoms with Gasteiger partial charge in [-0.15, -0.1) is 0 Å². The molecule has 6 heteroatoms. The van der Waals surface area contributed by atoms with Crippen molar-refractivity contribution in [3.8, 4) is 0 Å².